The average Bonchev–Trinajstić information content (AvgIpc) is 2.86. The summed E-state index contributed by atoms with van der Waals surface area (Å²) in [6.45, 7) is 7.11. The summed E-state index contributed by atoms with van der Waals surface area (Å²) in [5, 5.41) is 7.75. The van der Waals surface area contributed by atoms with Crippen molar-refractivity contribution in [2.24, 2.45) is 0 Å². The van der Waals surface area contributed by atoms with E-state index in [1.165, 1.54) is 11.1 Å². The molecule has 1 aromatic carbocycles. The molecule has 0 aliphatic rings. The minimum absolute atomic E-state index is 0.632. The lowest BCUT2D eigenvalue weighted by atomic mass is 10.2. The van der Waals surface area contributed by atoms with Crippen LogP contribution >= 0.6 is 11.3 Å². The Hall–Kier alpha value is -1.52. The Morgan fingerprint density at radius 1 is 1.10 bits per heavy atom. The van der Waals surface area contributed by atoms with E-state index in [0.717, 1.165) is 24.6 Å². The molecule has 3 nitrogen and oxygen atoms in total. The molecule has 0 bridgehead atoms. The number of ether oxygens (including phenoxy) is 2. The van der Waals surface area contributed by atoms with Gasteiger partial charge in [0.1, 0.15) is 6.61 Å². The summed E-state index contributed by atoms with van der Waals surface area (Å²) in [6.07, 6.45) is 0. The Kier molecular flexibility index (Phi) is 5.89. The van der Waals surface area contributed by atoms with Gasteiger partial charge in [0.15, 0.2) is 11.5 Å². The summed E-state index contributed by atoms with van der Waals surface area (Å²) < 4.78 is 11.3. The minimum atomic E-state index is 0.632. The van der Waals surface area contributed by atoms with Crippen LogP contribution in [-0.4, -0.2) is 19.8 Å². The molecule has 0 aliphatic carbocycles. The SMILES string of the molecule is CCOc1ccccc1OCCNCc1cscc1C. The molecule has 0 atom stereocenters. The zero-order valence-corrected chi connectivity index (χ0v) is 12.8. The summed E-state index contributed by atoms with van der Waals surface area (Å²) >= 11 is 1.75. The molecule has 0 radical (unpaired) electrons. The number of hydrogen-bond donors (Lipinski definition) is 1. The first-order chi connectivity index (χ1) is 9.81. The molecule has 0 spiro atoms. The predicted octanol–water partition coefficient (Wildman–Crippen LogP) is 3.62. The summed E-state index contributed by atoms with van der Waals surface area (Å²) in [7, 11) is 0. The molecule has 0 saturated carbocycles. The van der Waals surface area contributed by atoms with Crippen LogP contribution in [-0.2, 0) is 6.54 Å². The van der Waals surface area contributed by atoms with Crippen molar-refractivity contribution in [3.8, 4) is 11.5 Å². The Morgan fingerprint density at radius 2 is 1.85 bits per heavy atom. The van der Waals surface area contributed by atoms with Gasteiger partial charge in [-0.05, 0) is 47.9 Å². The summed E-state index contributed by atoms with van der Waals surface area (Å²) in [4.78, 5) is 0. The Balaban J connectivity index is 1.72. The first kappa shape index (κ1) is 14.9. The number of rotatable bonds is 8. The monoisotopic (exact) mass is 291 g/mol. The maximum Gasteiger partial charge on any atom is 0.161 e. The van der Waals surface area contributed by atoms with Gasteiger partial charge in [-0.3, -0.25) is 0 Å². The number of nitrogens with one attached hydrogen (secondary N) is 1. The molecule has 0 saturated heterocycles. The highest BCUT2D eigenvalue weighted by molar-refractivity contribution is 7.08. The number of aryl methyl sites for hydroxylation is 1. The van der Waals surface area contributed by atoms with Crippen molar-refractivity contribution in [1.82, 2.24) is 5.32 Å². The third-order valence-electron chi connectivity index (χ3n) is 2.96. The van der Waals surface area contributed by atoms with Crippen molar-refractivity contribution in [1.29, 1.82) is 0 Å². The second-order valence-corrected chi connectivity index (χ2v) is 5.23. The van der Waals surface area contributed by atoms with Gasteiger partial charge in [0.25, 0.3) is 0 Å². The second-order valence-electron chi connectivity index (χ2n) is 4.49. The lowest BCUT2D eigenvalue weighted by molar-refractivity contribution is 0.275. The molecule has 2 aromatic rings. The standard InChI is InChI=1S/C16H21NO2S/c1-3-18-15-6-4-5-7-16(15)19-9-8-17-10-14-12-20-11-13(14)2/h4-7,11-12,17H,3,8-10H2,1-2H3. The van der Waals surface area contributed by atoms with Crippen molar-refractivity contribution >= 4 is 11.3 Å². The minimum Gasteiger partial charge on any atom is -0.490 e. The predicted molar refractivity (Wildman–Crippen MR) is 83.9 cm³/mol. The van der Waals surface area contributed by atoms with Crippen LogP contribution in [0, 0.1) is 6.92 Å². The van der Waals surface area contributed by atoms with Crippen molar-refractivity contribution in [3.63, 3.8) is 0 Å². The fourth-order valence-corrected chi connectivity index (χ4v) is 2.73. The maximum atomic E-state index is 5.75. The Morgan fingerprint density at radius 3 is 2.50 bits per heavy atom. The smallest absolute Gasteiger partial charge is 0.161 e. The highest BCUT2D eigenvalue weighted by Crippen LogP contribution is 2.26. The molecule has 1 aromatic heterocycles. The number of benzene rings is 1. The van der Waals surface area contributed by atoms with Crippen molar-refractivity contribution < 1.29 is 9.47 Å². The van der Waals surface area contributed by atoms with E-state index in [4.69, 9.17) is 9.47 Å². The van der Waals surface area contributed by atoms with Crippen LogP contribution in [0.4, 0.5) is 0 Å². The van der Waals surface area contributed by atoms with Crippen LogP contribution in [0.3, 0.4) is 0 Å². The zero-order chi connectivity index (χ0) is 14.2. The van der Waals surface area contributed by atoms with Gasteiger partial charge in [-0.25, -0.2) is 0 Å². The van der Waals surface area contributed by atoms with Crippen LogP contribution in [0.15, 0.2) is 35.0 Å². The van der Waals surface area contributed by atoms with E-state index in [2.05, 4.69) is 23.0 Å². The van der Waals surface area contributed by atoms with Crippen molar-refractivity contribution in [2.75, 3.05) is 19.8 Å². The van der Waals surface area contributed by atoms with Gasteiger partial charge in [0, 0.05) is 13.1 Å². The van der Waals surface area contributed by atoms with Crippen LogP contribution in [0.2, 0.25) is 0 Å². The van der Waals surface area contributed by atoms with Crippen LogP contribution in [0.1, 0.15) is 18.1 Å². The van der Waals surface area contributed by atoms with Gasteiger partial charge in [-0.1, -0.05) is 12.1 Å². The molecule has 0 fully saturated rings. The highest BCUT2D eigenvalue weighted by atomic mass is 32.1. The molecule has 0 aliphatic heterocycles. The third kappa shape index (κ3) is 4.25. The Labute approximate surface area is 124 Å². The second kappa shape index (κ2) is 7.92. The maximum absolute atomic E-state index is 5.75. The van der Waals surface area contributed by atoms with Gasteiger partial charge in [-0.15, -0.1) is 0 Å². The molecule has 20 heavy (non-hydrogen) atoms. The first-order valence-corrected chi connectivity index (χ1v) is 7.82. The lowest BCUT2D eigenvalue weighted by Crippen LogP contribution is -2.20. The van der Waals surface area contributed by atoms with E-state index in [1.54, 1.807) is 11.3 Å². The van der Waals surface area contributed by atoms with Gasteiger partial charge in [0.05, 0.1) is 6.61 Å². The van der Waals surface area contributed by atoms with E-state index in [9.17, 15) is 0 Å². The molecule has 108 valence electrons. The quantitative estimate of drug-likeness (QED) is 0.753. The van der Waals surface area contributed by atoms with Crippen molar-refractivity contribution in [2.45, 2.75) is 20.4 Å². The van der Waals surface area contributed by atoms with Gasteiger partial charge in [-0.2, -0.15) is 11.3 Å². The highest BCUT2D eigenvalue weighted by Gasteiger charge is 2.03. The number of thiophene rings is 1. The van der Waals surface area contributed by atoms with Crippen molar-refractivity contribution in [3.05, 3.63) is 46.2 Å². The molecule has 4 heteroatoms. The van der Waals surface area contributed by atoms with Crippen LogP contribution < -0.4 is 14.8 Å². The molecular formula is C16H21NO2S. The first-order valence-electron chi connectivity index (χ1n) is 6.88. The topological polar surface area (TPSA) is 30.5 Å². The van der Waals surface area contributed by atoms with E-state index in [1.807, 2.05) is 31.2 Å². The molecule has 1 heterocycles. The largest absolute Gasteiger partial charge is 0.490 e. The van der Waals surface area contributed by atoms with Crippen LogP contribution in [0.25, 0.3) is 0 Å². The fourth-order valence-electron chi connectivity index (χ4n) is 1.87. The number of para-hydroxylation sites is 2. The summed E-state index contributed by atoms with van der Waals surface area (Å²) in [6, 6.07) is 7.78. The summed E-state index contributed by atoms with van der Waals surface area (Å²) in [5.41, 5.74) is 2.72. The summed E-state index contributed by atoms with van der Waals surface area (Å²) in [5.74, 6) is 1.62. The van der Waals surface area contributed by atoms with E-state index in [0.29, 0.717) is 13.2 Å². The number of hydrogen-bond acceptors (Lipinski definition) is 4. The molecule has 0 amide bonds. The lowest BCUT2D eigenvalue weighted by Gasteiger charge is -2.11. The molecule has 2 rings (SSSR count). The van der Waals surface area contributed by atoms with Gasteiger partial charge in [0.2, 0.25) is 0 Å². The van der Waals surface area contributed by atoms with Gasteiger partial charge >= 0.3 is 0 Å². The zero-order valence-electron chi connectivity index (χ0n) is 12.0. The average molecular weight is 291 g/mol. The van der Waals surface area contributed by atoms with Gasteiger partial charge < -0.3 is 14.8 Å². The fraction of sp³-hybridized carbons (Fsp3) is 0.375. The third-order valence-corrected chi connectivity index (χ3v) is 3.87. The molecular weight excluding hydrogens is 270 g/mol. The Bertz CT molecular complexity index is 525. The van der Waals surface area contributed by atoms with E-state index >= 15 is 0 Å². The van der Waals surface area contributed by atoms with Crippen LogP contribution in [0.5, 0.6) is 11.5 Å². The van der Waals surface area contributed by atoms with E-state index in [-0.39, 0.29) is 0 Å². The van der Waals surface area contributed by atoms with E-state index < -0.39 is 0 Å². The molecule has 1 N–H and O–H groups in total. The normalized spacial score (nSPS) is 10.5. The molecule has 0 unspecified atom stereocenters.